The average Bonchev–Trinajstić information content (AvgIpc) is 2.61. The van der Waals surface area contributed by atoms with E-state index < -0.39 is 0 Å². The lowest BCUT2D eigenvalue weighted by Gasteiger charge is -2.35. The van der Waals surface area contributed by atoms with Gasteiger partial charge in [0.2, 0.25) is 5.91 Å². The largest absolute Gasteiger partial charge is 0.352 e. The Balaban J connectivity index is 1.46. The van der Waals surface area contributed by atoms with Gasteiger partial charge in [0.15, 0.2) is 0 Å². The fraction of sp³-hybridized carbons (Fsp3) is 0.667. The first-order valence-electron chi connectivity index (χ1n) is 9.88. The summed E-state index contributed by atoms with van der Waals surface area (Å²) in [6.07, 6.45) is 3.26. The summed E-state index contributed by atoms with van der Waals surface area (Å²) in [6, 6.07) is 8.76. The molecular formula is C21H33N3O. The summed E-state index contributed by atoms with van der Waals surface area (Å²) in [6.45, 7) is 10.7. The van der Waals surface area contributed by atoms with Gasteiger partial charge in [0.05, 0.1) is 0 Å². The van der Waals surface area contributed by atoms with Gasteiger partial charge in [0, 0.05) is 32.1 Å². The predicted octanol–water partition coefficient (Wildman–Crippen LogP) is 2.78. The summed E-state index contributed by atoms with van der Waals surface area (Å²) < 4.78 is 0. The minimum absolute atomic E-state index is 0.184. The van der Waals surface area contributed by atoms with Gasteiger partial charge in [0.1, 0.15) is 0 Å². The van der Waals surface area contributed by atoms with Gasteiger partial charge in [0.25, 0.3) is 0 Å². The van der Waals surface area contributed by atoms with E-state index in [1.54, 1.807) is 0 Å². The molecule has 2 saturated heterocycles. The molecule has 0 bridgehead atoms. The number of nitrogens with one attached hydrogen (secondary N) is 2. The molecule has 25 heavy (non-hydrogen) atoms. The number of carbonyl (C=O) groups is 1. The normalized spacial score (nSPS) is 25.7. The van der Waals surface area contributed by atoms with Crippen molar-refractivity contribution in [2.75, 3.05) is 26.2 Å². The molecule has 0 spiro atoms. The van der Waals surface area contributed by atoms with Crippen LogP contribution in [-0.4, -0.2) is 37.0 Å². The number of piperidine rings is 2. The topological polar surface area (TPSA) is 44.4 Å². The third-order valence-electron chi connectivity index (χ3n) is 5.55. The SMILES string of the molecule is CC1CC(C)CN(Cc2ccc(CNC(=O)C3CCNCC3)cc2)C1. The second kappa shape index (κ2) is 8.81. The minimum Gasteiger partial charge on any atom is -0.352 e. The third-order valence-corrected chi connectivity index (χ3v) is 5.55. The molecule has 1 aromatic rings. The van der Waals surface area contributed by atoms with E-state index in [0.717, 1.165) is 44.3 Å². The Morgan fingerprint density at radius 1 is 1.08 bits per heavy atom. The molecule has 4 heteroatoms. The van der Waals surface area contributed by atoms with Gasteiger partial charge in [-0.15, -0.1) is 0 Å². The van der Waals surface area contributed by atoms with Crippen LogP contribution >= 0.6 is 0 Å². The monoisotopic (exact) mass is 343 g/mol. The molecule has 2 fully saturated rings. The molecule has 2 atom stereocenters. The van der Waals surface area contributed by atoms with Crippen molar-refractivity contribution in [3.63, 3.8) is 0 Å². The van der Waals surface area contributed by atoms with Crippen LogP contribution in [-0.2, 0) is 17.9 Å². The Kier molecular flexibility index (Phi) is 6.49. The van der Waals surface area contributed by atoms with Gasteiger partial charge in [-0.3, -0.25) is 9.69 Å². The number of benzene rings is 1. The van der Waals surface area contributed by atoms with Crippen LogP contribution in [0, 0.1) is 17.8 Å². The van der Waals surface area contributed by atoms with Gasteiger partial charge in [-0.2, -0.15) is 0 Å². The molecule has 2 aliphatic heterocycles. The van der Waals surface area contributed by atoms with Crippen LogP contribution in [0.5, 0.6) is 0 Å². The average molecular weight is 344 g/mol. The molecule has 2 N–H and O–H groups in total. The standard InChI is InChI=1S/C21H33N3O/c1-16-11-17(2)14-24(13-16)15-19-5-3-18(4-6-19)12-23-21(25)20-7-9-22-10-8-20/h3-6,16-17,20,22H,7-15H2,1-2H3,(H,23,25). The molecule has 4 nitrogen and oxygen atoms in total. The lowest BCUT2D eigenvalue weighted by Crippen LogP contribution is -2.38. The quantitative estimate of drug-likeness (QED) is 0.864. The van der Waals surface area contributed by atoms with E-state index in [1.807, 2.05) is 0 Å². The van der Waals surface area contributed by atoms with Crippen LogP contribution in [0.3, 0.4) is 0 Å². The Hall–Kier alpha value is -1.39. The summed E-state index contributed by atoms with van der Waals surface area (Å²) >= 11 is 0. The molecule has 3 rings (SSSR count). The Bertz CT molecular complexity index is 541. The van der Waals surface area contributed by atoms with E-state index in [1.165, 1.54) is 30.6 Å². The Morgan fingerprint density at radius 3 is 2.32 bits per heavy atom. The molecule has 2 unspecified atom stereocenters. The first-order chi connectivity index (χ1) is 12.1. The van der Waals surface area contributed by atoms with Crippen LogP contribution < -0.4 is 10.6 Å². The number of likely N-dealkylation sites (tertiary alicyclic amines) is 1. The smallest absolute Gasteiger partial charge is 0.223 e. The zero-order valence-electron chi connectivity index (χ0n) is 15.8. The van der Waals surface area contributed by atoms with Crippen LogP contribution in [0.25, 0.3) is 0 Å². The molecule has 2 aliphatic rings. The molecule has 0 aliphatic carbocycles. The van der Waals surface area contributed by atoms with Crippen molar-refractivity contribution >= 4 is 5.91 Å². The van der Waals surface area contributed by atoms with Gasteiger partial charge in [-0.05, 0) is 55.3 Å². The van der Waals surface area contributed by atoms with Gasteiger partial charge < -0.3 is 10.6 Å². The maximum atomic E-state index is 12.2. The van der Waals surface area contributed by atoms with Crippen molar-refractivity contribution in [2.45, 2.75) is 46.2 Å². The molecule has 0 radical (unpaired) electrons. The zero-order valence-corrected chi connectivity index (χ0v) is 15.8. The number of nitrogens with zero attached hydrogens (tertiary/aromatic N) is 1. The summed E-state index contributed by atoms with van der Waals surface area (Å²) in [5, 5.41) is 6.41. The van der Waals surface area contributed by atoms with E-state index >= 15 is 0 Å². The van der Waals surface area contributed by atoms with Gasteiger partial charge in [-0.1, -0.05) is 38.1 Å². The lowest BCUT2D eigenvalue weighted by atomic mass is 9.91. The third kappa shape index (κ3) is 5.55. The van der Waals surface area contributed by atoms with E-state index in [4.69, 9.17) is 0 Å². The van der Waals surface area contributed by atoms with Gasteiger partial charge in [-0.25, -0.2) is 0 Å². The lowest BCUT2D eigenvalue weighted by molar-refractivity contribution is -0.125. The van der Waals surface area contributed by atoms with E-state index in [9.17, 15) is 4.79 Å². The number of carbonyl (C=O) groups excluding carboxylic acids is 1. The maximum Gasteiger partial charge on any atom is 0.223 e. The van der Waals surface area contributed by atoms with Crippen LogP contribution in [0.15, 0.2) is 24.3 Å². The van der Waals surface area contributed by atoms with E-state index in [-0.39, 0.29) is 11.8 Å². The molecule has 138 valence electrons. The van der Waals surface area contributed by atoms with E-state index in [2.05, 4.69) is 53.6 Å². The first-order valence-corrected chi connectivity index (χ1v) is 9.88. The fourth-order valence-corrected chi connectivity index (χ4v) is 4.36. The highest BCUT2D eigenvalue weighted by Gasteiger charge is 2.22. The molecule has 1 amide bonds. The maximum absolute atomic E-state index is 12.2. The fourth-order valence-electron chi connectivity index (χ4n) is 4.36. The minimum atomic E-state index is 0.184. The second-order valence-electron chi connectivity index (χ2n) is 8.20. The molecule has 0 saturated carbocycles. The summed E-state index contributed by atoms with van der Waals surface area (Å²) in [5.41, 5.74) is 2.56. The molecule has 0 aromatic heterocycles. The number of hydrogen-bond acceptors (Lipinski definition) is 3. The second-order valence-corrected chi connectivity index (χ2v) is 8.20. The van der Waals surface area contributed by atoms with Crippen LogP contribution in [0.4, 0.5) is 0 Å². The number of hydrogen-bond donors (Lipinski definition) is 2. The highest BCUT2D eigenvalue weighted by molar-refractivity contribution is 5.78. The van der Waals surface area contributed by atoms with Crippen molar-refractivity contribution in [2.24, 2.45) is 17.8 Å². The van der Waals surface area contributed by atoms with Crippen molar-refractivity contribution in [3.8, 4) is 0 Å². The van der Waals surface area contributed by atoms with Crippen LogP contribution in [0.2, 0.25) is 0 Å². The first kappa shape index (κ1) is 18.4. The van der Waals surface area contributed by atoms with E-state index in [0.29, 0.717) is 6.54 Å². The molecule has 2 heterocycles. The highest BCUT2D eigenvalue weighted by Crippen LogP contribution is 2.22. The molecule has 1 aromatic carbocycles. The van der Waals surface area contributed by atoms with Crippen molar-refractivity contribution < 1.29 is 4.79 Å². The number of rotatable bonds is 5. The van der Waals surface area contributed by atoms with Crippen molar-refractivity contribution in [1.82, 2.24) is 15.5 Å². The van der Waals surface area contributed by atoms with Crippen molar-refractivity contribution in [1.29, 1.82) is 0 Å². The Morgan fingerprint density at radius 2 is 1.68 bits per heavy atom. The zero-order chi connectivity index (χ0) is 17.6. The Labute approximate surface area is 152 Å². The summed E-state index contributed by atoms with van der Waals surface area (Å²) in [4.78, 5) is 14.8. The molecular weight excluding hydrogens is 310 g/mol. The predicted molar refractivity (Wildman–Crippen MR) is 102 cm³/mol. The van der Waals surface area contributed by atoms with Crippen molar-refractivity contribution in [3.05, 3.63) is 35.4 Å². The highest BCUT2D eigenvalue weighted by atomic mass is 16.1. The summed E-state index contributed by atoms with van der Waals surface area (Å²) in [5.74, 6) is 1.99. The van der Waals surface area contributed by atoms with Crippen LogP contribution in [0.1, 0.15) is 44.2 Å². The van der Waals surface area contributed by atoms with Gasteiger partial charge >= 0.3 is 0 Å². The summed E-state index contributed by atoms with van der Waals surface area (Å²) in [7, 11) is 0. The number of amides is 1.